The molecule has 2 N–H and O–H groups in total. The van der Waals surface area contributed by atoms with Gasteiger partial charge in [-0.2, -0.15) is 0 Å². The number of nitrogens with two attached hydrogens (primary N) is 1. The first-order chi connectivity index (χ1) is 7.20. The SMILES string of the molecule is NC(=O)C(Cl)c1cccc2ccccc12. The number of hydrogen-bond acceptors (Lipinski definition) is 1. The first-order valence-electron chi connectivity index (χ1n) is 4.61. The van der Waals surface area contributed by atoms with E-state index in [1.54, 1.807) is 0 Å². The van der Waals surface area contributed by atoms with Crippen LogP contribution < -0.4 is 5.73 Å². The van der Waals surface area contributed by atoms with E-state index in [1.807, 2.05) is 42.5 Å². The van der Waals surface area contributed by atoms with Gasteiger partial charge >= 0.3 is 0 Å². The van der Waals surface area contributed by atoms with E-state index in [2.05, 4.69) is 0 Å². The minimum Gasteiger partial charge on any atom is -0.368 e. The third-order valence-corrected chi connectivity index (χ3v) is 2.80. The Morgan fingerprint density at radius 2 is 1.80 bits per heavy atom. The van der Waals surface area contributed by atoms with Crippen molar-refractivity contribution in [2.24, 2.45) is 5.73 Å². The summed E-state index contributed by atoms with van der Waals surface area (Å²) in [5.74, 6) is -0.520. The average Bonchev–Trinajstić information content (AvgIpc) is 2.27. The van der Waals surface area contributed by atoms with E-state index in [0.717, 1.165) is 16.3 Å². The number of carbonyl (C=O) groups is 1. The predicted octanol–water partition coefficient (Wildman–Crippen LogP) is 2.61. The summed E-state index contributed by atoms with van der Waals surface area (Å²) in [7, 11) is 0. The highest BCUT2D eigenvalue weighted by atomic mass is 35.5. The number of fused-ring (bicyclic) bond motifs is 1. The van der Waals surface area contributed by atoms with E-state index < -0.39 is 11.3 Å². The molecule has 2 nitrogen and oxygen atoms in total. The second-order valence-corrected chi connectivity index (χ2v) is 3.77. The van der Waals surface area contributed by atoms with Crippen LogP contribution in [0, 0.1) is 0 Å². The van der Waals surface area contributed by atoms with Crippen molar-refractivity contribution in [2.75, 3.05) is 0 Å². The van der Waals surface area contributed by atoms with Crippen LogP contribution in [0.2, 0.25) is 0 Å². The molecule has 1 atom stereocenters. The van der Waals surface area contributed by atoms with E-state index in [4.69, 9.17) is 17.3 Å². The van der Waals surface area contributed by atoms with Gasteiger partial charge in [0.05, 0.1) is 0 Å². The Kier molecular flexibility index (Phi) is 2.60. The summed E-state index contributed by atoms with van der Waals surface area (Å²) in [6, 6.07) is 13.4. The molecular weight excluding hydrogens is 210 g/mol. The molecule has 0 aliphatic rings. The van der Waals surface area contributed by atoms with Gasteiger partial charge in [0.1, 0.15) is 5.38 Å². The number of alkyl halides is 1. The highest BCUT2D eigenvalue weighted by Crippen LogP contribution is 2.27. The van der Waals surface area contributed by atoms with E-state index in [-0.39, 0.29) is 0 Å². The number of benzene rings is 2. The van der Waals surface area contributed by atoms with Crippen LogP contribution in [-0.4, -0.2) is 5.91 Å². The van der Waals surface area contributed by atoms with Crippen molar-refractivity contribution >= 4 is 28.3 Å². The van der Waals surface area contributed by atoms with Crippen molar-refractivity contribution in [2.45, 2.75) is 5.38 Å². The van der Waals surface area contributed by atoms with Gasteiger partial charge < -0.3 is 5.73 Å². The predicted molar refractivity (Wildman–Crippen MR) is 61.7 cm³/mol. The summed E-state index contributed by atoms with van der Waals surface area (Å²) in [5, 5.41) is 1.26. The molecule has 3 heteroatoms. The standard InChI is InChI=1S/C12H10ClNO/c13-11(12(14)15)10-7-3-5-8-4-1-2-6-9(8)10/h1-7,11H,(H2,14,15). The van der Waals surface area contributed by atoms with Crippen LogP contribution in [0.15, 0.2) is 42.5 Å². The molecule has 2 aromatic carbocycles. The fourth-order valence-corrected chi connectivity index (χ4v) is 1.82. The Bertz CT molecular complexity index is 504. The van der Waals surface area contributed by atoms with Crippen LogP contribution >= 0.6 is 11.6 Å². The van der Waals surface area contributed by atoms with Gasteiger partial charge in [-0.25, -0.2) is 0 Å². The van der Waals surface area contributed by atoms with E-state index >= 15 is 0 Å². The first-order valence-corrected chi connectivity index (χ1v) is 5.05. The second-order valence-electron chi connectivity index (χ2n) is 3.33. The van der Waals surface area contributed by atoms with Crippen LogP contribution in [0.1, 0.15) is 10.9 Å². The number of rotatable bonds is 2. The van der Waals surface area contributed by atoms with Crippen molar-refractivity contribution in [3.63, 3.8) is 0 Å². The number of primary amides is 1. The molecule has 2 aromatic rings. The molecule has 1 amide bonds. The quantitative estimate of drug-likeness (QED) is 0.776. The molecule has 0 heterocycles. The van der Waals surface area contributed by atoms with Crippen molar-refractivity contribution < 1.29 is 4.79 Å². The molecule has 0 fully saturated rings. The molecule has 0 aliphatic heterocycles. The van der Waals surface area contributed by atoms with Gasteiger partial charge in [0.15, 0.2) is 0 Å². The summed E-state index contributed by atoms with van der Waals surface area (Å²) >= 11 is 5.95. The molecule has 0 bridgehead atoms. The summed E-state index contributed by atoms with van der Waals surface area (Å²) in [6.07, 6.45) is 0. The van der Waals surface area contributed by atoms with Crippen LogP contribution in [0.5, 0.6) is 0 Å². The van der Waals surface area contributed by atoms with Crippen LogP contribution in [0.25, 0.3) is 10.8 Å². The maximum atomic E-state index is 11.0. The zero-order chi connectivity index (χ0) is 10.8. The number of carbonyl (C=O) groups excluding carboxylic acids is 1. The molecule has 1 unspecified atom stereocenters. The molecule has 0 saturated carbocycles. The van der Waals surface area contributed by atoms with Gasteiger partial charge in [-0.15, -0.1) is 11.6 Å². The molecule has 0 spiro atoms. The zero-order valence-corrected chi connectivity index (χ0v) is 8.74. The number of halogens is 1. The normalized spacial score (nSPS) is 12.6. The van der Waals surface area contributed by atoms with Crippen molar-refractivity contribution in [1.29, 1.82) is 0 Å². The molecule has 0 saturated heterocycles. The van der Waals surface area contributed by atoms with Gasteiger partial charge in [-0.1, -0.05) is 42.5 Å². The van der Waals surface area contributed by atoms with Crippen molar-refractivity contribution in [3.8, 4) is 0 Å². The lowest BCUT2D eigenvalue weighted by Gasteiger charge is -2.09. The van der Waals surface area contributed by atoms with Gasteiger partial charge in [-0.05, 0) is 16.3 Å². The molecular formula is C12H10ClNO. The van der Waals surface area contributed by atoms with Gasteiger partial charge in [0.25, 0.3) is 0 Å². The monoisotopic (exact) mass is 219 g/mol. The summed E-state index contributed by atoms with van der Waals surface area (Å²) in [4.78, 5) is 11.0. The number of amides is 1. The lowest BCUT2D eigenvalue weighted by molar-refractivity contribution is -0.117. The molecule has 15 heavy (non-hydrogen) atoms. The maximum absolute atomic E-state index is 11.0. The zero-order valence-electron chi connectivity index (χ0n) is 7.98. The Morgan fingerprint density at radius 1 is 1.13 bits per heavy atom. The smallest absolute Gasteiger partial charge is 0.240 e. The van der Waals surface area contributed by atoms with Crippen molar-refractivity contribution in [1.82, 2.24) is 0 Å². The molecule has 2 rings (SSSR count). The molecule has 0 radical (unpaired) electrons. The highest BCUT2D eigenvalue weighted by molar-refractivity contribution is 6.31. The topological polar surface area (TPSA) is 43.1 Å². The summed E-state index contributed by atoms with van der Waals surface area (Å²) in [5.41, 5.74) is 5.95. The van der Waals surface area contributed by atoms with Crippen molar-refractivity contribution in [3.05, 3.63) is 48.0 Å². The molecule has 76 valence electrons. The Morgan fingerprint density at radius 3 is 2.53 bits per heavy atom. The first kappa shape index (κ1) is 9.99. The number of hydrogen-bond donors (Lipinski definition) is 1. The Labute approximate surface area is 92.6 Å². The molecule has 0 aliphatic carbocycles. The third-order valence-electron chi connectivity index (χ3n) is 2.35. The lowest BCUT2D eigenvalue weighted by atomic mass is 10.0. The Hall–Kier alpha value is -1.54. The van der Waals surface area contributed by atoms with Gasteiger partial charge in [0, 0.05) is 0 Å². The van der Waals surface area contributed by atoms with Crippen LogP contribution in [0.3, 0.4) is 0 Å². The van der Waals surface area contributed by atoms with E-state index in [0.29, 0.717) is 0 Å². The van der Waals surface area contributed by atoms with Crippen LogP contribution in [0.4, 0.5) is 0 Å². The van der Waals surface area contributed by atoms with Gasteiger partial charge in [-0.3, -0.25) is 4.79 Å². The third kappa shape index (κ3) is 1.81. The highest BCUT2D eigenvalue weighted by Gasteiger charge is 2.16. The maximum Gasteiger partial charge on any atom is 0.240 e. The largest absolute Gasteiger partial charge is 0.368 e. The lowest BCUT2D eigenvalue weighted by Crippen LogP contribution is -2.17. The van der Waals surface area contributed by atoms with Crippen LogP contribution in [-0.2, 0) is 4.79 Å². The molecule has 0 aromatic heterocycles. The van der Waals surface area contributed by atoms with E-state index in [9.17, 15) is 4.79 Å². The Balaban J connectivity index is 2.65. The fourth-order valence-electron chi connectivity index (χ4n) is 1.62. The minimum absolute atomic E-state index is 0.520. The average molecular weight is 220 g/mol. The second kappa shape index (κ2) is 3.91. The van der Waals surface area contributed by atoms with E-state index in [1.165, 1.54) is 0 Å². The van der Waals surface area contributed by atoms with Gasteiger partial charge in [0.2, 0.25) is 5.91 Å². The summed E-state index contributed by atoms with van der Waals surface area (Å²) in [6.45, 7) is 0. The fraction of sp³-hybridized carbons (Fsp3) is 0.0833. The minimum atomic E-state index is -0.768. The summed E-state index contributed by atoms with van der Waals surface area (Å²) < 4.78 is 0.